The highest BCUT2D eigenvalue weighted by Gasteiger charge is 2.51. The number of phenols is 1. The SMILES string of the molecule is CC[C@H](CC(=O)CNC(=O)c1cc(O)cc(CC2=NCC(O)CC2)c1)c1cc(Cl)cc(C(C)(O)C(F)(F)F)c1. The molecule has 0 radical (unpaired) electrons. The van der Waals surface area contributed by atoms with Crippen LogP contribution in [0.25, 0.3) is 0 Å². The number of alkyl halides is 3. The largest absolute Gasteiger partial charge is 0.508 e. The number of carbonyl (C=O) groups is 2. The summed E-state index contributed by atoms with van der Waals surface area (Å²) in [5.74, 6) is -1.52. The molecule has 2 aromatic rings. The Morgan fingerprint density at radius 1 is 1.18 bits per heavy atom. The molecule has 1 heterocycles. The third-order valence-electron chi connectivity index (χ3n) is 6.86. The molecule has 0 saturated carbocycles. The second-order valence-electron chi connectivity index (χ2n) is 10.0. The van der Waals surface area contributed by atoms with E-state index in [9.17, 15) is 38.1 Å². The molecule has 212 valence electrons. The summed E-state index contributed by atoms with van der Waals surface area (Å²) in [6, 6.07) is 8.11. The van der Waals surface area contributed by atoms with E-state index in [0.29, 0.717) is 50.3 Å². The number of aliphatic hydroxyl groups excluding tert-OH is 1. The van der Waals surface area contributed by atoms with Gasteiger partial charge in [0.05, 0.1) is 19.2 Å². The van der Waals surface area contributed by atoms with Gasteiger partial charge in [-0.2, -0.15) is 13.2 Å². The number of nitrogens with zero attached hydrogens (tertiary/aromatic N) is 1. The fourth-order valence-electron chi connectivity index (χ4n) is 4.44. The molecule has 39 heavy (non-hydrogen) atoms. The molecule has 0 spiro atoms. The lowest BCUT2D eigenvalue weighted by Gasteiger charge is -2.28. The van der Waals surface area contributed by atoms with Crippen LogP contribution in [0.5, 0.6) is 5.75 Å². The van der Waals surface area contributed by atoms with Gasteiger partial charge in [-0.15, -0.1) is 0 Å². The van der Waals surface area contributed by atoms with Gasteiger partial charge in [-0.1, -0.05) is 24.6 Å². The summed E-state index contributed by atoms with van der Waals surface area (Å²) in [6.07, 6.45) is -3.40. The Balaban J connectivity index is 1.65. The minimum atomic E-state index is -4.92. The molecule has 0 saturated heterocycles. The van der Waals surface area contributed by atoms with E-state index in [1.54, 1.807) is 13.0 Å². The number of amides is 1. The Hall–Kier alpha value is -2.95. The maximum Gasteiger partial charge on any atom is 0.421 e. The molecule has 3 rings (SSSR count). The van der Waals surface area contributed by atoms with Gasteiger partial charge in [0, 0.05) is 29.1 Å². The van der Waals surface area contributed by atoms with Crippen molar-refractivity contribution >= 4 is 29.0 Å². The van der Waals surface area contributed by atoms with E-state index >= 15 is 0 Å². The molecule has 2 unspecified atom stereocenters. The van der Waals surface area contributed by atoms with Crippen molar-refractivity contribution in [3.8, 4) is 5.75 Å². The van der Waals surface area contributed by atoms with Gasteiger partial charge in [0.15, 0.2) is 11.4 Å². The maximum atomic E-state index is 13.4. The summed E-state index contributed by atoms with van der Waals surface area (Å²) >= 11 is 6.05. The maximum absolute atomic E-state index is 13.4. The van der Waals surface area contributed by atoms with Gasteiger partial charge >= 0.3 is 6.18 Å². The number of benzene rings is 2. The van der Waals surface area contributed by atoms with Gasteiger partial charge in [-0.05, 0) is 79.1 Å². The number of aliphatic hydroxyl groups is 2. The van der Waals surface area contributed by atoms with Gasteiger partial charge < -0.3 is 20.6 Å². The van der Waals surface area contributed by atoms with Gasteiger partial charge in [0.1, 0.15) is 5.75 Å². The number of hydrogen-bond acceptors (Lipinski definition) is 6. The second kappa shape index (κ2) is 12.5. The lowest BCUT2D eigenvalue weighted by molar-refractivity contribution is -0.258. The summed E-state index contributed by atoms with van der Waals surface area (Å²) in [6.45, 7) is 2.41. The quantitative estimate of drug-likeness (QED) is 0.327. The molecule has 3 atom stereocenters. The minimum Gasteiger partial charge on any atom is -0.508 e. The molecule has 1 amide bonds. The first-order chi connectivity index (χ1) is 18.2. The molecule has 0 aliphatic carbocycles. The van der Waals surface area contributed by atoms with E-state index in [1.165, 1.54) is 24.3 Å². The number of hydrogen-bond donors (Lipinski definition) is 4. The Morgan fingerprint density at radius 3 is 2.51 bits per heavy atom. The third-order valence-corrected chi connectivity index (χ3v) is 7.08. The number of nitrogens with one attached hydrogen (secondary N) is 1. The zero-order chi connectivity index (χ0) is 29.0. The summed E-state index contributed by atoms with van der Waals surface area (Å²) < 4.78 is 40.1. The first-order valence-electron chi connectivity index (χ1n) is 12.6. The summed E-state index contributed by atoms with van der Waals surface area (Å²) in [4.78, 5) is 29.8. The highest BCUT2D eigenvalue weighted by atomic mass is 35.5. The van der Waals surface area contributed by atoms with Crippen LogP contribution < -0.4 is 5.32 Å². The van der Waals surface area contributed by atoms with Crippen LogP contribution in [0, 0.1) is 0 Å². The van der Waals surface area contributed by atoms with E-state index in [0.717, 1.165) is 11.8 Å². The first-order valence-corrected chi connectivity index (χ1v) is 13.0. The highest BCUT2D eigenvalue weighted by molar-refractivity contribution is 6.30. The summed E-state index contributed by atoms with van der Waals surface area (Å²) in [5.41, 5.74) is -1.48. The fraction of sp³-hybridized carbons (Fsp3) is 0.464. The predicted octanol–water partition coefficient (Wildman–Crippen LogP) is 4.84. The smallest absolute Gasteiger partial charge is 0.421 e. The van der Waals surface area contributed by atoms with Crippen LogP contribution in [0.15, 0.2) is 41.4 Å². The van der Waals surface area contributed by atoms with Gasteiger partial charge in [0.25, 0.3) is 5.91 Å². The molecule has 0 aromatic heterocycles. The monoisotopic (exact) mass is 568 g/mol. The van der Waals surface area contributed by atoms with Crippen molar-refractivity contribution in [2.24, 2.45) is 4.99 Å². The standard InChI is InChI=1S/C28H32ClF3N2O5/c1-3-17(18-9-20(13-21(29)10-18)27(2,39)28(30,31)32)11-25(37)15-34-26(38)19-6-16(8-24(36)12-19)7-22-4-5-23(35)14-33-22/h6,8-10,12-13,17,23,35-36,39H,3-5,7,11,14-15H2,1-2H3,(H,34,38)/t17-,23?,27?/m1/s1. The number of Topliss-reactive ketones (excluding diaryl/α,β-unsaturated/α-hetero) is 1. The summed E-state index contributed by atoms with van der Waals surface area (Å²) in [5, 5.41) is 32.3. The number of ketones is 1. The molecule has 1 aliphatic rings. The van der Waals surface area contributed by atoms with Crippen molar-refractivity contribution in [2.75, 3.05) is 13.1 Å². The van der Waals surface area contributed by atoms with E-state index in [1.807, 2.05) is 0 Å². The Labute approximate surface area is 229 Å². The van der Waals surface area contributed by atoms with Crippen LogP contribution in [0.3, 0.4) is 0 Å². The van der Waals surface area contributed by atoms with Crippen LogP contribution in [-0.4, -0.2) is 58.1 Å². The van der Waals surface area contributed by atoms with Gasteiger partial charge in [-0.25, -0.2) is 0 Å². The third kappa shape index (κ3) is 8.03. The van der Waals surface area contributed by atoms with Crippen LogP contribution in [0.1, 0.15) is 72.5 Å². The minimum absolute atomic E-state index is 0.00119. The van der Waals surface area contributed by atoms with Crippen LogP contribution >= 0.6 is 11.6 Å². The molecule has 2 aromatic carbocycles. The Bertz CT molecular complexity index is 1250. The second-order valence-corrected chi connectivity index (χ2v) is 10.5. The average Bonchev–Trinajstić information content (AvgIpc) is 2.85. The van der Waals surface area contributed by atoms with Gasteiger partial charge in [0.2, 0.25) is 0 Å². The average molecular weight is 569 g/mol. The fourth-order valence-corrected chi connectivity index (χ4v) is 4.69. The van der Waals surface area contributed by atoms with E-state index in [2.05, 4.69) is 10.3 Å². The molecule has 0 bridgehead atoms. The van der Waals surface area contributed by atoms with Crippen molar-refractivity contribution in [3.05, 3.63) is 63.7 Å². The van der Waals surface area contributed by atoms with Crippen molar-refractivity contribution < 1.29 is 38.1 Å². The van der Waals surface area contributed by atoms with E-state index in [-0.39, 0.29) is 35.1 Å². The van der Waals surface area contributed by atoms with Crippen molar-refractivity contribution in [1.29, 1.82) is 0 Å². The zero-order valence-electron chi connectivity index (χ0n) is 21.7. The van der Waals surface area contributed by atoms with Crippen LogP contribution in [0.2, 0.25) is 5.02 Å². The van der Waals surface area contributed by atoms with E-state index < -0.39 is 35.3 Å². The predicted molar refractivity (Wildman–Crippen MR) is 141 cm³/mol. The van der Waals surface area contributed by atoms with Crippen LogP contribution in [-0.2, 0) is 16.8 Å². The Kier molecular flexibility index (Phi) is 9.79. The molecular formula is C28H32ClF3N2O5. The van der Waals surface area contributed by atoms with Crippen LogP contribution in [0.4, 0.5) is 13.2 Å². The molecule has 7 nitrogen and oxygen atoms in total. The summed E-state index contributed by atoms with van der Waals surface area (Å²) in [7, 11) is 0. The van der Waals surface area contributed by atoms with E-state index in [4.69, 9.17) is 11.6 Å². The van der Waals surface area contributed by atoms with Crippen molar-refractivity contribution in [2.45, 2.75) is 69.8 Å². The lowest BCUT2D eigenvalue weighted by Crippen LogP contribution is -2.39. The van der Waals surface area contributed by atoms with Crippen molar-refractivity contribution in [1.82, 2.24) is 5.32 Å². The first kappa shape index (κ1) is 30.6. The topological polar surface area (TPSA) is 119 Å². The lowest BCUT2D eigenvalue weighted by atomic mass is 9.87. The van der Waals surface area contributed by atoms with Crippen molar-refractivity contribution in [3.63, 3.8) is 0 Å². The molecular weight excluding hydrogens is 537 g/mol. The Morgan fingerprint density at radius 2 is 1.90 bits per heavy atom. The number of aromatic hydroxyl groups is 1. The normalized spacial score (nSPS) is 18.2. The molecule has 1 aliphatic heterocycles. The molecule has 4 N–H and O–H groups in total. The molecule has 0 fully saturated rings. The highest BCUT2D eigenvalue weighted by Crippen LogP contribution is 2.41. The van der Waals surface area contributed by atoms with Gasteiger partial charge in [-0.3, -0.25) is 14.6 Å². The number of aliphatic imine (C=N–C) groups is 1. The molecule has 11 heteroatoms. The number of halogens is 4. The number of carbonyl (C=O) groups excluding carboxylic acids is 2. The number of rotatable bonds is 10. The number of phenolic OH excluding ortho intramolecular Hbond substituents is 1. The zero-order valence-corrected chi connectivity index (χ0v) is 22.4.